The quantitative estimate of drug-likeness (QED) is 0.575. The van der Waals surface area contributed by atoms with E-state index in [0.717, 1.165) is 11.0 Å². The fourth-order valence-electron chi connectivity index (χ4n) is 1.93. The number of H-pyrrole nitrogens is 1. The molecule has 0 atom stereocenters. The third-order valence-electron chi connectivity index (χ3n) is 3.04. The number of fused-ring (bicyclic) bond motifs is 1. The van der Waals surface area contributed by atoms with Crippen LogP contribution in [0.5, 0.6) is 0 Å². The topological polar surface area (TPSA) is 70.1 Å². The molecule has 0 aliphatic rings. The van der Waals surface area contributed by atoms with Gasteiger partial charge >= 0.3 is 0 Å². The number of nitrogens with zero attached hydrogens (tertiary/aromatic N) is 2. The average molecular weight is 317 g/mol. The number of benzene rings is 2. The maximum absolute atomic E-state index is 13.5. The molecule has 2 N–H and O–H groups in total. The predicted octanol–water partition coefficient (Wildman–Crippen LogP) is 3.12. The lowest BCUT2D eigenvalue weighted by atomic mass is 10.2. The summed E-state index contributed by atoms with van der Waals surface area (Å²) >= 11 is 5.86. The second kappa shape index (κ2) is 5.95. The molecule has 0 radical (unpaired) electrons. The number of hydrazone groups is 1. The van der Waals surface area contributed by atoms with Gasteiger partial charge in [-0.15, -0.1) is 0 Å². The molecule has 0 aliphatic carbocycles. The number of rotatable bonds is 3. The monoisotopic (exact) mass is 316 g/mol. The van der Waals surface area contributed by atoms with E-state index < -0.39 is 11.7 Å². The Balaban J connectivity index is 1.75. The van der Waals surface area contributed by atoms with Gasteiger partial charge in [-0.05, 0) is 30.3 Å². The van der Waals surface area contributed by atoms with Crippen molar-refractivity contribution in [1.29, 1.82) is 0 Å². The van der Waals surface area contributed by atoms with E-state index in [1.807, 2.05) is 0 Å². The minimum atomic E-state index is -0.510. The van der Waals surface area contributed by atoms with E-state index in [2.05, 4.69) is 20.5 Å². The van der Waals surface area contributed by atoms with Crippen LogP contribution in [0.2, 0.25) is 5.02 Å². The summed E-state index contributed by atoms with van der Waals surface area (Å²) in [6.07, 6.45) is 2.72. The first-order valence-electron chi connectivity index (χ1n) is 6.36. The molecular weight excluding hydrogens is 307 g/mol. The van der Waals surface area contributed by atoms with Crippen LogP contribution in [0, 0.1) is 5.82 Å². The molecule has 0 fully saturated rings. The molecule has 2 aromatic carbocycles. The molecule has 0 aliphatic heterocycles. The highest BCUT2D eigenvalue weighted by atomic mass is 35.5. The second-order valence-electron chi connectivity index (χ2n) is 4.47. The van der Waals surface area contributed by atoms with Gasteiger partial charge in [-0.2, -0.15) is 5.10 Å². The van der Waals surface area contributed by atoms with Crippen LogP contribution in [0.3, 0.4) is 0 Å². The average Bonchev–Trinajstić information content (AvgIpc) is 2.97. The van der Waals surface area contributed by atoms with Crippen molar-refractivity contribution < 1.29 is 9.18 Å². The standard InChI is InChI=1S/C15H10ClFN4O/c16-11-2-1-3-12(17)10(11)7-20-21-15(22)9-4-5-13-14(6-9)19-8-18-13/h1-8H,(H,18,19)(H,21,22). The number of aromatic nitrogens is 2. The fraction of sp³-hybridized carbons (Fsp3) is 0. The molecule has 5 nitrogen and oxygen atoms in total. The summed E-state index contributed by atoms with van der Waals surface area (Å²) in [4.78, 5) is 19.0. The maximum atomic E-state index is 13.5. The van der Waals surface area contributed by atoms with Gasteiger partial charge in [0.25, 0.3) is 5.91 Å². The minimum Gasteiger partial charge on any atom is -0.345 e. The molecule has 0 spiro atoms. The van der Waals surface area contributed by atoms with Gasteiger partial charge < -0.3 is 4.98 Å². The third-order valence-corrected chi connectivity index (χ3v) is 3.37. The zero-order chi connectivity index (χ0) is 15.5. The number of nitrogens with one attached hydrogen (secondary N) is 2. The Bertz CT molecular complexity index is 855. The van der Waals surface area contributed by atoms with Crippen molar-refractivity contribution in [3.8, 4) is 0 Å². The smallest absolute Gasteiger partial charge is 0.271 e. The number of hydrogen-bond acceptors (Lipinski definition) is 3. The molecule has 1 aromatic heterocycles. The highest BCUT2D eigenvalue weighted by Crippen LogP contribution is 2.16. The number of hydrogen-bond donors (Lipinski definition) is 2. The molecule has 0 saturated carbocycles. The van der Waals surface area contributed by atoms with Crippen molar-refractivity contribution in [3.63, 3.8) is 0 Å². The van der Waals surface area contributed by atoms with E-state index >= 15 is 0 Å². The van der Waals surface area contributed by atoms with Crippen LogP contribution in [0.25, 0.3) is 11.0 Å². The van der Waals surface area contributed by atoms with Crippen LogP contribution in [-0.2, 0) is 0 Å². The van der Waals surface area contributed by atoms with E-state index in [9.17, 15) is 9.18 Å². The van der Waals surface area contributed by atoms with Gasteiger partial charge in [-0.3, -0.25) is 4.79 Å². The van der Waals surface area contributed by atoms with Crippen LogP contribution >= 0.6 is 11.6 Å². The fourth-order valence-corrected chi connectivity index (χ4v) is 2.14. The summed E-state index contributed by atoms with van der Waals surface area (Å²) in [6, 6.07) is 9.31. The largest absolute Gasteiger partial charge is 0.345 e. The molecule has 1 amide bonds. The van der Waals surface area contributed by atoms with Crippen molar-refractivity contribution in [1.82, 2.24) is 15.4 Å². The lowest BCUT2D eigenvalue weighted by Crippen LogP contribution is -2.17. The lowest BCUT2D eigenvalue weighted by molar-refractivity contribution is 0.0955. The number of halogens is 2. The molecule has 7 heteroatoms. The Labute approximate surface area is 129 Å². The van der Waals surface area contributed by atoms with Crippen LogP contribution in [0.1, 0.15) is 15.9 Å². The first kappa shape index (κ1) is 14.2. The molecular formula is C15H10ClFN4O. The number of aromatic amines is 1. The van der Waals surface area contributed by atoms with Gasteiger partial charge in [0.1, 0.15) is 5.82 Å². The highest BCUT2D eigenvalue weighted by Gasteiger charge is 2.07. The van der Waals surface area contributed by atoms with Gasteiger partial charge in [-0.1, -0.05) is 17.7 Å². The Morgan fingerprint density at radius 3 is 3.05 bits per heavy atom. The summed E-state index contributed by atoms with van der Waals surface area (Å²) in [6.45, 7) is 0. The van der Waals surface area contributed by atoms with Crippen LogP contribution in [0.15, 0.2) is 47.8 Å². The lowest BCUT2D eigenvalue weighted by Gasteiger charge is -2.01. The summed E-state index contributed by atoms with van der Waals surface area (Å²) in [5, 5.41) is 3.95. The zero-order valence-electron chi connectivity index (χ0n) is 11.2. The molecule has 3 aromatic rings. The highest BCUT2D eigenvalue weighted by molar-refractivity contribution is 6.33. The van der Waals surface area contributed by atoms with Gasteiger partial charge in [-0.25, -0.2) is 14.8 Å². The van der Waals surface area contributed by atoms with Gasteiger partial charge in [0.05, 0.1) is 28.6 Å². The minimum absolute atomic E-state index is 0.119. The van der Waals surface area contributed by atoms with E-state index in [1.54, 1.807) is 30.6 Å². The van der Waals surface area contributed by atoms with Crippen LogP contribution in [0.4, 0.5) is 4.39 Å². The summed E-state index contributed by atoms with van der Waals surface area (Å²) in [7, 11) is 0. The Morgan fingerprint density at radius 2 is 2.23 bits per heavy atom. The van der Waals surface area contributed by atoms with Gasteiger partial charge in [0.15, 0.2) is 0 Å². The predicted molar refractivity (Wildman–Crippen MR) is 82.6 cm³/mol. The Morgan fingerprint density at radius 1 is 1.36 bits per heavy atom. The molecule has 0 unspecified atom stereocenters. The van der Waals surface area contributed by atoms with Crippen molar-refractivity contribution in [3.05, 3.63) is 64.7 Å². The van der Waals surface area contributed by atoms with Crippen molar-refractivity contribution in [2.45, 2.75) is 0 Å². The summed E-state index contributed by atoms with van der Waals surface area (Å²) in [5.41, 5.74) is 4.37. The molecule has 22 heavy (non-hydrogen) atoms. The summed E-state index contributed by atoms with van der Waals surface area (Å²) < 4.78 is 13.5. The number of carbonyl (C=O) groups is 1. The first-order valence-corrected chi connectivity index (χ1v) is 6.73. The number of amides is 1. The van der Waals surface area contributed by atoms with Crippen LogP contribution < -0.4 is 5.43 Å². The van der Waals surface area contributed by atoms with E-state index in [0.29, 0.717) is 5.56 Å². The zero-order valence-corrected chi connectivity index (χ0v) is 11.9. The van der Waals surface area contributed by atoms with Crippen molar-refractivity contribution in [2.75, 3.05) is 0 Å². The number of carbonyl (C=O) groups excluding carboxylic acids is 1. The SMILES string of the molecule is O=C(NN=Cc1c(F)cccc1Cl)c1ccc2nc[nH]c2c1. The van der Waals surface area contributed by atoms with E-state index in [1.165, 1.54) is 18.3 Å². The second-order valence-corrected chi connectivity index (χ2v) is 4.88. The van der Waals surface area contributed by atoms with Crippen molar-refractivity contribution >= 4 is 34.8 Å². The van der Waals surface area contributed by atoms with Crippen molar-refractivity contribution in [2.24, 2.45) is 5.10 Å². The van der Waals surface area contributed by atoms with E-state index in [-0.39, 0.29) is 10.6 Å². The molecule has 110 valence electrons. The molecule has 0 saturated heterocycles. The maximum Gasteiger partial charge on any atom is 0.271 e. The molecule has 0 bridgehead atoms. The van der Waals surface area contributed by atoms with E-state index in [4.69, 9.17) is 11.6 Å². The Hall–Kier alpha value is -2.73. The molecule has 1 heterocycles. The third kappa shape index (κ3) is 2.82. The first-order chi connectivity index (χ1) is 10.6. The van der Waals surface area contributed by atoms with Gasteiger partial charge in [0.2, 0.25) is 0 Å². The van der Waals surface area contributed by atoms with Gasteiger partial charge in [0, 0.05) is 11.1 Å². The Kier molecular flexibility index (Phi) is 3.84. The summed E-state index contributed by atoms with van der Waals surface area (Å²) in [5.74, 6) is -0.926. The van der Waals surface area contributed by atoms with Crippen LogP contribution in [-0.4, -0.2) is 22.1 Å². The number of imidazole rings is 1. The molecule has 3 rings (SSSR count). The normalized spacial score (nSPS) is 11.2.